The van der Waals surface area contributed by atoms with E-state index in [0.29, 0.717) is 13.2 Å². The molecule has 3 nitrogen and oxygen atoms in total. The monoisotopic (exact) mass is 247 g/mol. The molecule has 0 spiro atoms. The Balaban J connectivity index is 2.17. The van der Waals surface area contributed by atoms with Crippen molar-refractivity contribution >= 4 is 0 Å². The van der Waals surface area contributed by atoms with Crippen LogP contribution in [-0.4, -0.2) is 24.9 Å². The average molecular weight is 247 g/mol. The van der Waals surface area contributed by atoms with Gasteiger partial charge in [-0.3, -0.25) is 0 Å². The number of ether oxygens (including phenoxy) is 1. The lowest BCUT2D eigenvalue weighted by atomic mass is 10.2. The highest BCUT2D eigenvalue weighted by Crippen LogP contribution is 2.11. The Bertz CT molecular complexity index is 354. The van der Waals surface area contributed by atoms with Gasteiger partial charge >= 0.3 is 0 Å². The maximum atomic E-state index is 8.64. The first-order valence-corrected chi connectivity index (χ1v) is 6.33. The molecular formula is C15H21NO2. The number of aliphatic hydroxyl groups is 1. The third-order valence-electron chi connectivity index (χ3n) is 2.59. The molecule has 0 heterocycles. The lowest BCUT2D eigenvalue weighted by molar-refractivity contribution is 0.283. The molecule has 3 heteroatoms. The standard InChI is InChI=1S/C15H21NO2/c1-2-12-18-15-8-6-14(7-9-15)13-16-10-4-3-5-11-17/h1,6-9,16-17H,3-5,10-13H2. The topological polar surface area (TPSA) is 41.5 Å². The number of rotatable bonds is 9. The molecule has 1 rings (SSSR count). The lowest BCUT2D eigenvalue weighted by Gasteiger charge is -2.06. The number of hydrogen-bond acceptors (Lipinski definition) is 3. The second-order valence-electron chi connectivity index (χ2n) is 4.10. The van der Waals surface area contributed by atoms with Gasteiger partial charge in [0.05, 0.1) is 0 Å². The molecule has 0 saturated carbocycles. The van der Waals surface area contributed by atoms with Crippen LogP contribution in [-0.2, 0) is 6.54 Å². The summed E-state index contributed by atoms with van der Waals surface area (Å²) in [5.41, 5.74) is 1.23. The van der Waals surface area contributed by atoms with Crippen molar-refractivity contribution in [1.29, 1.82) is 0 Å². The van der Waals surface area contributed by atoms with Crippen molar-refractivity contribution in [2.75, 3.05) is 19.8 Å². The zero-order valence-corrected chi connectivity index (χ0v) is 10.7. The van der Waals surface area contributed by atoms with Gasteiger partial charge < -0.3 is 15.2 Å². The van der Waals surface area contributed by atoms with Gasteiger partial charge in [0.1, 0.15) is 12.4 Å². The predicted octanol–water partition coefficient (Wildman–Crippen LogP) is 1.95. The van der Waals surface area contributed by atoms with E-state index in [4.69, 9.17) is 16.3 Å². The van der Waals surface area contributed by atoms with Gasteiger partial charge in [0.2, 0.25) is 0 Å². The van der Waals surface area contributed by atoms with Crippen molar-refractivity contribution in [1.82, 2.24) is 5.32 Å². The number of aliphatic hydroxyl groups excluding tert-OH is 1. The van der Waals surface area contributed by atoms with Crippen LogP contribution in [0, 0.1) is 12.3 Å². The maximum Gasteiger partial charge on any atom is 0.148 e. The van der Waals surface area contributed by atoms with Crippen LogP contribution in [0.1, 0.15) is 24.8 Å². The molecule has 0 fully saturated rings. The van der Waals surface area contributed by atoms with E-state index >= 15 is 0 Å². The van der Waals surface area contributed by atoms with Crippen LogP contribution in [0.3, 0.4) is 0 Å². The summed E-state index contributed by atoms with van der Waals surface area (Å²) in [6.07, 6.45) is 8.19. The van der Waals surface area contributed by atoms with Crippen LogP contribution < -0.4 is 10.1 Å². The molecule has 0 aliphatic heterocycles. The summed E-state index contributed by atoms with van der Waals surface area (Å²) in [7, 11) is 0. The van der Waals surface area contributed by atoms with E-state index in [2.05, 4.69) is 11.2 Å². The fourth-order valence-electron chi connectivity index (χ4n) is 1.60. The molecule has 2 N–H and O–H groups in total. The van der Waals surface area contributed by atoms with Gasteiger partial charge in [-0.15, -0.1) is 6.42 Å². The van der Waals surface area contributed by atoms with E-state index in [1.54, 1.807) is 0 Å². The minimum atomic E-state index is 0.291. The second kappa shape index (κ2) is 9.52. The third kappa shape index (κ3) is 6.29. The first-order chi connectivity index (χ1) is 8.86. The van der Waals surface area contributed by atoms with Crippen LogP contribution >= 0.6 is 0 Å². The Morgan fingerprint density at radius 3 is 2.61 bits per heavy atom. The van der Waals surface area contributed by atoms with Gasteiger partial charge in [0.15, 0.2) is 0 Å². The van der Waals surface area contributed by atoms with Crippen molar-refractivity contribution < 1.29 is 9.84 Å². The van der Waals surface area contributed by atoms with Crippen LogP contribution in [0.15, 0.2) is 24.3 Å². The van der Waals surface area contributed by atoms with E-state index in [-0.39, 0.29) is 0 Å². The number of benzene rings is 1. The smallest absolute Gasteiger partial charge is 0.148 e. The van der Waals surface area contributed by atoms with Crippen LogP contribution in [0.2, 0.25) is 0 Å². The van der Waals surface area contributed by atoms with Crippen molar-refractivity contribution in [2.24, 2.45) is 0 Å². The molecule has 0 amide bonds. The van der Waals surface area contributed by atoms with Crippen LogP contribution in [0.5, 0.6) is 5.75 Å². The SMILES string of the molecule is C#CCOc1ccc(CNCCCCCO)cc1. The molecule has 1 aromatic carbocycles. The van der Waals surface area contributed by atoms with Crippen molar-refractivity contribution in [3.63, 3.8) is 0 Å². The number of terminal acetylenes is 1. The van der Waals surface area contributed by atoms with Gasteiger partial charge in [-0.05, 0) is 43.5 Å². The normalized spacial score (nSPS) is 10.0. The Morgan fingerprint density at radius 1 is 1.17 bits per heavy atom. The van der Waals surface area contributed by atoms with E-state index in [0.717, 1.165) is 38.1 Å². The molecule has 0 aliphatic rings. The fraction of sp³-hybridized carbons (Fsp3) is 0.467. The fourth-order valence-corrected chi connectivity index (χ4v) is 1.60. The number of unbranched alkanes of at least 4 members (excludes halogenated alkanes) is 2. The molecule has 0 aliphatic carbocycles. The summed E-state index contributed by atoms with van der Waals surface area (Å²) in [6.45, 7) is 2.44. The second-order valence-corrected chi connectivity index (χ2v) is 4.10. The molecule has 0 radical (unpaired) electrons. The van der Waals surface area contributed by atoms with Crippen molar-refractivity contribution in [3.8, 4) is 18.1 Å². The Kier molecular flexibility index (Phi) is 7.70. The third-order valence-corrected chi connectivity index (χ3v) is 2.59. The number of hydrogen-bond donors (Lipinski definition) is 2. The number of nitrogens with one attached hydrogen (secondary N) is 1. The Labute approximate surface area is 109 Å². The van der Waals surface area contributed by atoms with E-state index in [1.165, 1.54) is 5.56 Å². The summed E-state index contributed by atoms with van der Waals surface area (Å²) in [4.78, 5) is 0. The van der Waals surface area contributed by atoms with Gasteiger partial charge in [-0.25, -0.2) is 0 Å². The van der Waals surface area contributed by atoms with Gasteiger partial charge in [0, 0.05) is 13.2 Å². The Hall–Kier alpha value is -1.50. The lowest BCUT2D eigenvalue weighted by Crippen LogP contribution is -2.14. The van der Waals surface area contributed by atoms with Gasteiger partial charge in [-0.2, -0.15) is 0 Å². The largest absolute Gasteiger partial charge is 0.481 e. The van der Waals surface area contributed by atoms with E-state index in [1.807, 2.05) is 24.3 Å². The molecule has 0 bridgehead atoms. The van der Waals surface area contributed by atoms with E-state index < -0.39 is 0 Å². The van der Waals surface area contributed by atoms with E-state index in [9.17, 15) is 0 Å². The summed E-state index contributed by atoms with van der Waals surface area (Å²) < 4.78 is 5.30. The minimum Gasteiger partial charge on any atom is -0.481 e. The zero-order chi connectivity index (χ0) is 13.1. The predicted molar refractivity (Wildman–Crippen MR) is 73.4 cm³/mol. The molecular weight excluding hydrogens is 226 g/mol. The quantitative estimate of drug-likeness (QED) is 0.517. The maximum absolute atomic E-state index is 8.64. The Morgan fingerprint density at radius 2 is 1.94 bits per heavy atom. The zero-order valence-electron chi connectivity index (χ0n) is 10.7. The van der Waals surface area contributed by atoms with Crippen LogP contribution in [0.25, 0.3) is 0 Å². The first-order valence-electron chi connectivity index (χ1n) is 6.33. The molecule has 0 unspecified atom stereocenters. The summed E-state index contributed by atoms with van der Waals surface area (Å²) in [5, 5.41) is 12.0. The summed E-state index contributed by atoms with van der Waals surface area (Å²) in [5.74, 6) is 3.24. The van der Waals surface area contributed by atoms with Gasteiger partial charge in [-0.1, -0.05) is 18.1 Å². The minimum absolute atomic E-state index is 0.291. The van der Waals surface area contributed by atoms with Crippen molar-refractivity contribution in [2.45, 2.75) is 25.8 Å². The highest BCUT2D eigenvalue weighted by atomic mass is 16.5. The highest BCUT2D eigenvalue weighted by Gasteiger charge is 1.95. The van der Waals surface area contributed by atoms with Gasteiger partial charge in [0.25, 0.3) is 0 Å². The molecule has 0 atom stereocenters. The molecule has 0 aromatic heterocycles. The molecule has 18 heavy (non-hydrogen) atoms. The average Bonchev–Trinajstić information content (AvgIpc) is 2.42. The first kappa shape index (κ1) is 14.6. The molecule has 1 aromatic rings. The summed E-state index contributed by atoms with van der Waals surface area (Å²) in [6, 6.07) is 7.93. The highest BCUT2D eigenvalue weighted by molar-refractivity contribution is 5.27. The van der Waals surface area contributed by atoms with Crippen molar-refractivity contribution in [3.05, 3.63) is 29.8 Å². The summed E-state index contributed by atoms with van der Waals surface area (Å²) >= 11 is 0. The molecule has 98 valence electrons. The van der Waals surface area contributed by atoms with Crippen LogP contribution in [0.4, 0.5) is 0 Å². The molecule has 0 saturated heterocycles.